The molecule has 0 saturated carbocycles. The van der Waals surface area contributed by atoms with Crippen LogP contribution in [0.25, 0.3) is 0 Å². The van der Waals surface area contributed by atoms with Gasteiger partial charge in [-0.3, -0.25) is 4.79 Å². The first kappa shape index (κ1) is 18.5. The van der Waals surface area contributed by atoms with Crippen LogP contribution in [0.1, 0.15) is 18.4 Å². The maximum Gasteiger partial charge on any atom is 0.243 e. The van der Waals surface area contributed by atoms with Gasteiger partial charge in [0.1, 0.15) is 5.82 Å². The Bertz CT molecular complexity index is 871. The lowest BCUT2D eigenvalue weighted by Crippen LogP contribution is -2.45. The second-order valence-electron chi connectivity index (χ2n) is 6.36. The van der Waals surface area contributed by atoms with Crippen LogP contribution < -0.4 is 5.32 Å². The number of carbonyl (C=O) groups is 1. The summed E-state index contributed by atoms with van der Waals surface area (Å²) in [5.74, 6) is -0.965. The number of sulfonamides is 1. The molecule has 1 unspecified atom stereocenters. The smallest absolute Gasteiger partial charge is 0.243 e. The highest BCUT2D eigenvalue weighted by atomic mass is 32.2. The lowest BCUT2D eigenvalue weighted by atomic mass is 9.99. The fraction of sp³-hybridized carbons (Fsp3) is 0.316. The van der Waals surface area contributed by atoms with Crippen LogP contribution in [0.3, 0.4) is 0 Å². The van der Waals surface area contributed by atoms with Gasteiger partial charge in [0.2, 0.25) is 15.9 Å². The van der Waals surface area contributed by atoms with Crippen molar-refractivity contribution in [1.82, 2.24) is 9.62 Å². The molecule has 0 aromatic heterocycles. The van der Waals surface area contributed by atoms with E-state index in [0.29, 0.717) is 24.9 Å². The molecule has 0 spiro atoms. The molecule has 26 heavy (non-hydrogen) atoms. The highest BCUT2D eigenvalue weighted by Crippen LogP contribution is 2.23. The van der Waals surface area contributed by atoms with Crippen LogP contribution in [0, 0.1) is 11.7 Å². The van der Waals surface area contributed by atoms with Crippen molar-refractivity contribution in [1.29, 1.82) is 0 Å². The first-order valence-corrected chi connectivity index (χ1v) is 9.98. The minimum atomic E-state index is -3.60. The van der Waals surface area contributed by atoms with Gasteiger partial charge in [0.25, 0.3) is 0 Å². The lowest BCUT2D eigenvalue weighted by molar-refractivity contribution is -0.126. The van der Waals surface area contributed by atoms with Gasteiger partial charge in [-0.05, 0) is 42.7 Å². The minimum absolute atomic E-state index is 0.159. The average Bonchev–Trinajstić information content (AvgIpc) is 2.67. The molecule has 1 saturated heterocycles. The summed E-state index contributed by atoms with van der Waals surface area (Å²) in [4.78, 5) is 12.7. The van der Waals surface area contributed by atoms with Gasteiger partial charge in [-0.25, -0.2) is 12.8 Å². The summed E-state index contributed by atoms with van der Waals surface area (Å²) in [5.41, 5.74) is 0.669. The van der Waals surface area contributed by atoms with E-state index in [2.05, 4.69) is 5.32 Å². The van der Waals surface area contributed by atoms with Crippen molar-refractivity contribution >= 4 is 15.9 Å². The quantitative estimate of drug-likeness (QED) is 0.872. The molecule has 0 bridgehead atoms. The molecule has 1 aliphatic rings. The number of hydrogen-bond acceptors (Lipinski definition) is 3. The Morgan fingerprint density at radius 1 is 1.15 bits per heavy atom. The topological polar surface area (TPSA) is 66.5 Å². The Balaban J connectivity index is 1.63. The fourth-order valence-electron chi connectivity index (χ4n) is 3.10. The second kappa shape index (κ2) is 7.97. The van der Waals surface area contributed by atoms with Gasteiger partial charge in [-0.2, -0.15) is 4.31 Å². The summed E-state index contributed by atoms with van der Waals surface area (Å²) < 4.78 is 40.0. The van der Waals surface area contributed by atoms with Crippen LogP contribution in [0.5, 0.6) is 0 Å². The second-order valence-corrected chi connectivity index (χ2v) is 8.30. The number of rotatable bonds is 5. The SMILES string of the molecule is O=C(NCc1cccc(F)c1)C1CCCN(S(=O)(=O)c2ccccc2)C1. The largest absolute Gasteiger partial charge is 0.352 e. The van der Waals surface area contributed by atoms with E-state index in [-0.39, 0.29) is 29.7 Å². The number of halogens is 1. The van der Waals surface area contributed by atoms with E-state index in [1.807, 2.05) is 0 Å². The number of benzene rings is 2. The molecule has 1 N–H and O–H groups in total. The zero-order chi connectivity index (χ0) is 18.6. The van der Waals surface area contributed by atoms with Crippen LogP contribution in [0.2, 0.25) is 0 Å². The monoisotopic (exact) mass is 376 g/mol. The van der Waals surface area contributed by atoms with Gasteiger partial charge in [-0.1, -0.05) is 30.3 Å². The number of carbonyl (C=O) groups excluding carboxylic acids is 1. The number of piperidine rings is 1. The Labute approximate surface area is 152 Å². The molecular weight excluding hydrogens is 355 g/mol. The Kier molecular flexibility index (Phi) is 5.68. The van der Waals surface area contributed by atoms with E-state index in [0.717, 1.165) is 0 Å². The van der Waals surface area contributed by atoms with Crippen molar-refractivity contribution in [2.24, 2.45) is 5.92 Å². The Hall–Kier alpha value is -2.25. The molecule has 2 aromatic rings. The number of hydrogen-bond donors (Lipinski definition) is 1. The highest BCUT2D eigenvalue weighted by molar-refractivity contribution is 7.89. The summed E-state index contributed by atoms with van der Waals surface area (Å²) in [5, 5.41) is 2.78. The zero-order valence-electron chi connectivity index (χ0n) is 14.3. The normalized spacial score (nSPS) is 18.4. The van der Waals surface area contributed by atoms with Gasteiger partial charge in [0.05, 0.1) is 10.8 Å². The average molecular weight is 376 g/mol. The molecule has 1 heterocycles. The first-order valence-electron chi connectivity index (χ1n) is 8.54. The van der Waals surface area contributed by atoms with Crippen LogP contribution in [0.4, 0.5) is 4.39 Å². The van der Waals surface area contributed by atoms with Crippen LogP contribution >= 0.6 is 0 Å². The maximum atomic E-state index is 13.2. The molecule has 3 rings (SSSR count). The molecule has 0 radical (unpaired) electrons. The fourth-order valence-corrected chi connectivity index (χ4v) is 4.64. The first-order chi connectivity index (χ1) is 12.5. The van der Waals surface area contributed by atoms with Crippen molar-refractivity contribution in [3.8, 4) is 0 Å². The summed E-state index contributed by atoms with van der Waals surface area (Å²) >= 11 is 0. The third kappa shape index (κ3) is 4.28. The highest BCUT2D eigenvalue weighted by Gasteiger charge is 2.33. The van der Waals surface area contributed by atoms with Crippen LogP contribution in [0.15, 0.2) is 59.5 Å². The molecule has 5 nitrogen and oxygen atoms in total. The molecule has 7 heteroatoms. The Morgan fingerprint density at radius 2 is 1.92 bits per heavy atom. The summed E-state index contributed by atoms with van der Waals surface area (Å²) in [6.07, 6.45) is 1.26. The number of amides is 1. The molecule has 2 aromatic carbocycles. The summed E-state index contributed by atoms with van der Waals surface area (Å²) in [7, 11) is -3.60. The van der Waals surface area contributed by atoms with Gasteiger partial charge in [0.15, 0.2) is 0 Å². The van der Waals surface area contributed by atoms with Crippen molar-refractivity contribution in [3.05, 3.63) is 66.0 Å². The Morgan fingerprint density at radius 3 is 2.65 bits per heavy atom. The van der Waals surface area contributed by atoms with E-state index in [1.54, 1.807) is 42.5 Å². The third-order valence-corrected chi connectivity index (χ3v) is 6.37. The molecular formula is C19H21FN2O3S. The number of nitrogens with zero attached hydrogens (tertiary/aromatic N) is 1. The predicted octanol–water partition coefficient (Wildman–Crippen LogP) is 2.54. The predicted molar refractivity (Wildman–Crippen MR) is 96.2 cm³/mol. The molecule has 138 valence electrons. The van der Waals surface area contributed by atoms with Crippen molar-refractivity contribution < 1.29 is 17.6 Å². The van der Waals surface area contributed by atoms with Gasteiger partial charge in [-0.15, -0.1) is 0 Å². The van der Waals surface area contributed by atoms with E-state index in [4.69, 9.17) is 0 Å². The van der Waals surface area contributed by atoms with E-state index in [9.17, 15) is 17.6 Å². The molecule has 0 aliphatic carbocycles. The molecule has 1 amide bonds. The zero-order valence-corrected chi connectivity index (χ0v) is 15.1. The molecule has 1 atom stereocenters. The van der Waals surface area contributed by atoms with E-state index >= 15 is 0 Å². The van der Waals surface area contributed by atoms with Crippen LogP contribution in [-0.2, 0) is 21.4 Å². The van der Waals surface area contributed by atoms with Crippen molar-refractivity contribution in [3.63, 3.8) is 0 Å². The summed E-state index contributed by atoms with van der Waals surface area (Å²) in [6.45, 7) is 0.787. The van der Waals surface area contributed by atoms with Gasteiger partial charge in [0, 0.05) is 19.6 Å². The minimum Gasteiger partial charge on any atom is -0.352 e. The van der Waals surface area contributed by atoms with E-state index < -0.39 is 15.9 Å². The lowest BCUT2D eigenvalue weighted by Gasteiger charge is -2.31. The number of nitrogens with one attached hydrogen (secondary N) is 1. The van der Waals surface area contributed by atoms with Gasteiger partial charge < -0.3 is 5.32 Å². The standard InChI is InChI=1S/C19H21FN2O3S/c20-17-8-4-6-15(12-17)13-21-19(23)16-7-5-11-22(14-16)26(24,25)18-9-2-1-3-10-18/h1-4,6,8-10,12,16H,5,7,11,13-14H2,(H,21,23). The van der Waals surface area contributed by atoms with Crippen LogP contribution in [-0.4, -0.2) is 31.7 Å². The molecule has 1 fully saturated rings. The third-order valence-electron chi connectivity index (χ3n) is 4.49. The van der Waals surface area contributed by atoms with Crippen molar-refractivity contribution in [2.45, 2.75) is 24.3 Å². The van der Waals surface area contributed by atoms with Crippen molar-refractivity contribution in [2.75, 3.05) is 13.1 Å². The summed E-state index contributed by atoms with van der Waals surface area (Å²) in [6, 6.07) is 14.3. The van der Waals surface area contributed by atoms with Gasteiger partial charge >= 0.3 is 0 Å². The van der Waals surface area contributed by atoms with E-state index in [1.165, 1.54) is 16.4 Å². The molecule has 1 aliphatic heterocycles. The maximum absolute atomic E-state index is 13.2.